The summed E-state index contributed by atoms with van der Waals surface area (Å²) in [6, 6.07) is 12.9. The van der Waals surface area contributed by atoms with Crippen molar-refractivity contribution in [1.82, 2.24) is 25.1 Å². The minimum atomic E-state index is -4.60. The van der Waals surface area contributed by atoms with Crippen molar-refractivity contribution in [3.63, 3.8) is 0 Å². The molecule has 4 heterocycles. The molecule has 6 aromatic rings. The van der Waals surface area contributed by atoms with Gasteiger partial charge in [0.05, 0.1) is 40.2 Å². The van der Waals surface area contributed by atoms with Gasteiger partial charge >= 0.3 is 12.2 Å². The number of hydrogen-bond donors (Lipinski definition) is 1. The van der Waals surface area contributed by atoms with E-state index in [0.29, 0.717) is 31.2 Å². The highest BCUT2D eigenvalue weighted by Gasteiger charge is 2.38. The number of aromatic nitrogens is 5. The van der Waals surface area contributed by atoms with Crippen LogP contribution < -0.4 is 9.47 Å². The van der Waals surface area contributed by atoms with Gasteiger partial charge in [-0.3, -0.25) is 10.1 Å². The molecule has 0 aliphatic heterocycles. The van der Waals surface area contributed by atoms with Crippen molar-refractivity contribution in [2.45, 2.75) is 19.7 Å². The third kappa shape index (κ3) is 3.91. The number of fused-ring (bicyclic) bond motifs is 4. The Morgan fingerprint density at radius 2 is 1.86 bits per heavy atom. The maximum Gasteiger partial charge on any atom is 0.417 e. The Morgan fingerprint density at radius 1 is 1.05 bits per heavy atom. The third-order valence-corrected chi connectivity index (χ3v) is 7.17. The first-order valence-corrected chi connectivity index (χ1v) is 12.0. The van der Waals surface area contributed by atoms with Crippen LogP contribution in [0.15, 0.2) is 54.9 Å². The second-order valence-electron chi connectivity index (χ2n) is 8.38. The van der Waals surface area contributed by atoms with Crippen LogP contribution in [-0.2, 0) is 12.8 Å². The fourth-order valence-electron chi connectivity index (χ4n) is 4.49. The van der Waals surface area contributed by atoms with Crippen molar-refractivity contribution in [2.24, 2.45) is 0 Å². The number of alkyl halides is 3. The Hall–Kier alpha value is -4.25. The lowest BCUT2D eigenvalue weighted by atomic mass is 9.94. The molecule has 0 amide bonds. The molecule has 11 heteroatoms. The molecule has 1 N–H and O–H groups in total. The number of aryl methyl sites for hydroxylation is 1. The normalized spacial score (nSPS) is 12.0. The molecule has 4 aromatic heterocycles. The monoisotopic (exact) mass is 521 g/mol. The van der Waals surface area contributed by atoms with Crippen LogP contribution in [0.3, 0.4) is 0 Å². The molecule has 0 spiro atoms. The molecule has 0 atom stereocenters. The summed E-state index contributed by atoms with van der Waals surface area (Å²) in [5.41, 5.74) is 0.923. The summed E-state index contributed by atoms with van der Waals surface area (Å²) in [4.78, 5) is 13.8. The first-order valence-electron chi connectivity index (χ1n) is 11.2. The van der Waals surface area contributed by atoms with Gasteiger partial charge in [0.25, 0.3) is 0 Å². The molecule has 0 saturated carbocycles. The first kappa shape index (κ1) is 23.2. The van der Waals surface area contributed by atoms with E-state index in [9.17, 15) is 13.2 Å². The minimum absolute atomic E-state index is 0.0277. The number of nitrogens with one attached hydrogen (secondary N) is 1. The maximum atomic E-state index is 14.3. The van der Waals surface area contributed by atoms with Crippen molar-refractivity contribution < 1.29 is 22.6 Å². The third-order valence-electron chi connectivity index (χ3n) is 6.06. The van der Waals surface area contributed by atoms with Crippen LogP contribution in [-0.4, -0.2) is 32.3 Å². The lowest BCUT2D eigenvalue weighted by Gasteiger charge is -2.17. The number of methoxy groups -OCH3 is 1. The van der Waals surface area contributed by atoms with Gasteiger partial charge in [0.2, 0.25) is 5.88 Å². The van der Waals surface area contributed by atoms with Crippen LogP contribution in [0.25, 0.3) is 42.5 Å². The van der Waals surface area contributed by atoms with Crippen LogP contribution in [0.5, 0.6) is 11.9 Å². The van der Waals surface area contributed by atoms with E-state index in [0.717, 1.165) is 5.56 Å². The van der Waals surface area contributed by atoms with Crippen LogP contribution >= 0.6 is 11.3 Å². The Kier molecular flexibility index (Phi) is 5.45. The summed E-state index contributed by atoms with van der Waals surface area (Å²) in [5.74, 6) is 0.280. The first-order chi connectivity index (χ1) is 17.8. The topological polar surface area (TPSA) is 85.8 Å². The highest BCUT2D eigenvalue weighted by Crippen LogP contribution is 2.47. The minimum Gasteiger partial charge on any atom is -0.472 e. The zero-order valence-electron chi connectivity index (χ0n) is 19.6. The number of rotatable bonds is 5. The molecule has 0 radical (unpaired) electrons. The fraction of sp³-hybridized carbons (Fsp3) is 0.154. The molecular weight excluding hydrogens is 503 g/mol. The van der Waals surface area contributed by atoms with Gasteiger partial charge in [0.1, 0.15) is 11.4 Å². The van der Waals surface area contributed by atoms with E-state index in [1.165, 1.54) is 43.8 Å². The quantitative estimate of drug-likeness (QED) is 0.272. The Bertz CT molecular complexity index is 1780. The summed E-state index contributed by atoms with van der Waals surface area (Å²) in [7, 11) is 1.44. The van der Waals surface area contributed by atoms with Gasteiger partial charge < -0.3 is 9.47 Å². The second kappa shape index (κ2) is 8.70. The lowest BCUT2D eigenvalue weighted by molar-refractivity contribution is -0.137. The summed E-state index contributed by atoms with van der Waals surface area (Å²) in [6.45, 7) is 1.68. The molecule has 0 bridgehead atoms. The Labute approximate surface area is 211 Å². The van der Waals surface area contributed by atoms with Crippen molar-refractivity contribution in [2.75, 3.05) is 7.11 Å². The summed E-state index contributed by atoms with van der Waals surface area (Å²) in [5, 5.41) is 8.33. The maximum absolute atomic E-state index is 14.3. The molecule has 186 valence electrons. The fourth-order valence-corrected chi connectivity index (χ4v) is 5.64. The standard InChI is InChI=1S/C26H18F3N5O2S/c1-13-10-17-16(11-31-34-17)18(20(13)26(27,28)29)21-22-15(8-9-30-21)19-23(32-25(35-2)33-24(19)37-22)36-12-14-6-4-3-5-7-14/h3-11H,12H2,1-2H3,(H,31,34). The Balaban J connectivity index is 1.62. The smallest absolute Gasteiger partial charge is 0.417 e. The van der Waals surface area contributed by atoms with Crippen LogP contribution in [0.4, 0.5) is 13.2 Å². The van der Waals surface area contributed by atoms with Crippen LogP contribution in [0, 0.1) is 6.92 Å². The molecule has 0 aliphatic carbocycles. The number of thiophene rings is 1. The number of aromatic amines is 1. The number of H-pyrrole nitrogens is 1. The number of benzene rings is 2. The van der Waals surface area contributed by atoms with E-state index in [2.05, 4.69) is 25.1 Å². The zero-order chi connectivity index (χ0) is 25.7. The molecular formula is C26H18F3N5O2S. The van der Waals surface area contributed by atoms with Gasteiger partial charge in [0, 0.05) is 22.5 Å². The molecule has 0 aliphatic rings. The number of hydrogen-bond acceptors (Lipinski definition) is 7. The highest BCUT2D eigenvalue weighted by molar-refractivity contribution is 7.26. The number of halogens is 3. The Morgan fingerprint density at radius 3 is 2.62 bits per heavy atom. The molecule has 2 aromatic carbocycles. The molecule has 6 rings (SSSR count). The second-order valence-corrected chi connectivity index (χ2v) is 9.38. The van der Waals surface area contributed by atoms with Crippen LogP contribution in [0.1, 0.15) is 16.7 Å². The SMILES string of the molecule is COc1nc(OCc2ccccc2)c2c(n1)sc1c(-c3c(C(F)(F)F)c(C)cc4[nH]ncc34)nccc12. The van der Waals surface area contributed by atoms with Crippen molar-refractivity contribution >= 4 is 42.5 Å². The summed E-state index contributed by atoms with van der Waals surface area (Å²) in [6.07, 6.45) is -1.72. The molecule has 0 unspecified atom stereocenters. The van der Waals surface area contributed by atoms with E-state index in [-0.39, 0.29) is 35.3 Å². The van der Waals surface area contributed by atoms with Gasteiger partial charge in [-0.05, 0) is 30.2 Å². The molecule has 0 saturated heterocycles. The molecule has 37 heavy (non-hydrogen) atoms. The van der Waals surface area contributed by atoms with E-state index in [1.54, 1.807) is 6.07 Å². The highest BCUT2D eigenvalue weighted by atomic mass is 32.1. The van der Waals surface area contributed by atoms with E-state index in [4.69, 9.17) is 9.47 Å². The average Bonchev–Trinajstić information content (AvgIpc) is 3.50. The van der Waals surface area contributed by atoms with Gasteiger partial charge in [-0.1, -0.05) is 30.3 Å². The van der Waals surface area contributed by atoms with Gasteiger partial charge in [-0.15, -0.1) is 11.3 Å². The summed E-state index contributed by atoms with van der Waals surface area (Å²) < 4.78 is 54.9. The predicted octanol–water partition coefficient (Wildman–Crippen LogP) is 6.70. The number of pyridine rings is 1. The molecule has 0 fully saturated rings. The van der Waals surface area contributed by atoms with E-state index < -0.39 is 11.7 Å². The summed E-state index contributed by atoms with van der Waals surface area (Å²) >= 11 is 1.21. The van der Waals surface area contributed by atoms with E-state index in [1.807, 2.05) is 30.3 Å². The lowest BCUT2D eigenvalue weighted by Crippen LogP contribution is -2.10. The van der Waals surface area contributed by atoms with Crippen molar-refractivity contribution in [3.05, 3.63) is 71.5 Å². The van der Waals surface area contributed by atoms with Gasteiger partial charge in [-0.25, -0.2) is 0 Å². The predicted molar refractivity (Wildman–Crippen MR) is 135 cm³/mol. The van der Waals surface area contributed by atoms with Crippen molar-refractivity contribution in [3.8, 4) is 23.1 Å². The van der Waals surface area contributed by atoms with Crippen molar-refractivity contribution in [1.29, 1.82) is 0 Å². The number of ether oxygens (including phenoxy) is 2. The number of nitrogens with zero attached hydrogens (tertiary/aromatic N) is 4. The average molecular weight is 522 g/mol. The van der Waals surface area contributed by atoms with Crippen LogP contribution in [0.2, 0.25) is 0 Å². The van der Waals surface area contributed by atoms with Gasteiger partial charge in [-0.2, -0.15) is 28.2 Å². The largest absolute Gasteiger partial charge is 0.472 e. The van der Waals surface area contributed by atoms with E-state index >= 15 is 0 Å². The van der Waals surface area contributed by atoms with Gasteiger partial charge in [0.15, 0.2) is 0 Å². The molecule has 7 nitrogen and oxygen atoms in total. The zero-order valence-corrected chi connectivity index (χ0v) is 20.4.